The molecule has 2 aromatic rings. The number of hydrogen-bond acceptors (Lipinski definition) is 4. The topological polar surface area (TPSA) is 91.2 Å². The molecule has 2 N–H and O–H groups in total. The first kappa shape index (κ1) is 19.6. The Morgan fingerprint density at radius 1 is 1.12 bits per heavy atom. The van der Waals surface area contributed by atoms with Crippen LogP contribution >= 0.6 is 23.2 Å². The molecule has 2 amide bonds. The lowest BCUT2D eigenvalue weighted by atomic mass is 10.1. The number of hydrogen-bond donors (Lipinski definition) is 2. The van der Waals surface area contributed by atoms with Crippen molar-refractivity contribution in [3.05, 3.63) is 63.6 Å². The normalized spacial score (nSPS) is 9.88. The zero-order valence-corrected chi connectivity index (χ0v) is 15.1. The van der Waals surface area contributed by atoms with E-state index in [2.05, 4.69) is 10.9 Å². The van der Waals surface area contributed by atoms with Crippen molar-refractivity contribution in [2.45, 2.75) is 12.8 Å². The molecule has 2 rings (SSSR count). The van der Waals surface area contributed by atoms with E-state index in [0.717, 1.165) is 0 Å². The number of nitriles is 1. The number of carbonyl (C=O) groups excluding carboxylic acids is 2. The van der Waals surface area contributed by atoms with Gasteiger partial charge in [0.2, 0.25) is 5.91 Å². The maximum absolute atomic E-state index is 11.9. The van der Waals surface area contributed by atoms with Crippen molar-refractivity contribution < 1.29 is 14.3 Å². The maximum Gasteiger partial charge on any atom is 0.269 e. The molecule has 26 heavy (non-hydrogen) atoms. The number of amides is 2. The molecule has 0 fully saturated rings. The predicted octanol–water partition coefficient (Wildman–Crippen LogP) is 3.49. The Labute approximate surface area is 160 Å². The first-order chi connectivity index (χ1) is 12.5. The third-order valence-corrected chi connectivity index (χ3v) is 3.80. The summed E-state index contributed by atoms with van der Waals surface area (Å²) in [4.78, 5) is 23.7. The minimum atomic E-state index is -0.500. The Morgan fingerprint density at radius 3 is 2.65 bits per heavy atom. The molecule has 134 valence electrons. The fourth-order valence-electron chi connectivity index (χ4n) is 2.00. The molecule has 0 heterocycles. The Bertz CT molecular complexity index is 850. The van der Waals surface area contributed by atoms with Crippen LogP contribution in [0.3, 0.4) is 0 Å². The molecule has 0 aliphatic carbocycles. The molecule has 6 nitrogen and oxygen atoms in total. The zero-order chi connectivity index (χ0) is 18.9. The van der Waals surface area contributed by atoms with Gasteiger partial charge in [0, 0.05) is 17.0 Å². The van der Waals surface area contributed by atoms with Crippen LogP contribution in [0.5, 0.6) is 5.75 Å². The monoisotopic (exact) mass is 391 g/mol. The van der Waals surface area contributed by atoms with Crippen LogP contribution in [-0.2, 0) is 4.79 Å². The van der Waals surface area contributed by atoms with Crippen LogP contribution in [0.1, 0.15) is 28.8 Å². The summed E-state index contributed by atoms with van der Waals surface area (Å²) in [7, 11) is 0. The third-order valence-electron chi connectivity index (χ3n) is 3.27. The average Bonchev–Trinajstić information content (AvgIpc) is 2.64. The number of halogens is 2. The van der Waals surface area contributed by atoms with Crippen LogP contribution < -0.4 is 15.6 Å². The van der Waals surface area contributed by atoms with Gasteiger partial charge in [-0.15, -0.1) is 0 Å². The quantitative estimate of drug-likeness (QED) is 0.582. The standard InChI is InChI=1S/C18H15Cl2N3O3/c19-14-6-7-16(15(20)10-14)26-8-2-5-17(24)22-23-18(25)13-4-1-3-12(9-13)11-21/h1,3-4,6-7,9-10H,2,5,8H2,(H,22,24)(H,23,25). The summed E-state index contributed by atoms with van der Waals surface area (Å²) in [5, 5.41) is 9.73. The van der Waals surface area contributed by atoms with Gasteiger partial charge in [0.05, 0.1) is 23.3 Å². The van der Waals surface area contributed by atoms with E-state index >= 15 is 0 Å². The average molecular weight is 392 g/mol. The lowest BCUT2D eigenvalue weighted by molar-refractivity contribution is -0.122. The first-order valence-corrected chi connectivity index (χ1v) is 8.42. The van der Waals surface area contributed by atoms with Gasteiger partial charge in [-0.1, -0.05) is 29.3 Å². The van der Waals surface area contributed by atoms with Gasteiger partial charge in [0.25, 0.3) is 5.91 Å². The van der Waals surface area contributed by atoms with Crippen molar-refractivity contribution in [3.63, 3.8) is 0 Å². The minimum absolute atomic E-state index is 0.156. The van der Waals surface area contributed by atoms with Crippen molar-refractivity contribution in [1.82, 2.24) is 10.9 Å². The Morgan fingerprint density at radius 2 is 1.92 bits per heavy atom. The van der Waals surface area contributed by atoms with Crippen molar-refractivity contribution in [3.8, 4) is 11.8 Å². The second-order valence-electron chi connectivity index (χ2n) is 5.22. The van der Waals surface area contributed by atoms with E-state index in [4.69, 9.17) is 33.2 Å². The van der Waals surface area contributed by atoms with Crippen molar-refractivity contribution in [2.24, 2.45) is 0 Å². The van der Waals surface area contributed by atoms with E-state index < -0.39 is 5.91 Å². The van der Waals surface area contributed by atoms with Crippen molar-refractivity contribution in [1.29, 1.82) is 5.26 Å². The SMILES string of the molecule is N#Cc1cccc(C(=O)NNC(=O)CCCOc2ccc(Cl)cc2Cl)c1. The minimum Gasteiger partial charge on any atom is -0.492 e. The molecule has 0 spiro atoms. The second-order valence-corrected chi connectivity index (χ2v) is 6.07. The van der Waals surface area contributed by atoms with Gasteiger partial charge >= 0.3 is 0 Å². The molecule has 0 aliphatic rings. The molecule has 0 saturated carbocycles. The van der Waals surface area contributed by atoms with Gasteiger partial charge < -0.3 is 4.74 Å². The summed E-state index contributed by atoms with van der Waals surface area (Å²) in [5.74, 6) is -0.373. The highest BCUT2D eigenvalue weighted by Crippen LogP contribution is 2.27. The molecular formula is C18H15Cl2N3O3. The zero-order valence-electron chi connectivity index (χ0n) is 13.6. The van der Waals surface area contributed by atoms with Crippen molar-refractivity contribution in [2.75, 3.05) is 6.61 Å². The van der Waals surface area contributed by atoms with Gasteiger partial charge in [0.15, 0.2) is 0 Å². The number of benzene rings is 2. The summed E-state index contributed by atoms with van der Waals surface area (Å²) in [6.45, 7) is 0.285. The Kier molecular flexibility index (Phi) is 7.27. The number of ether oxygens (including phenoxy) is 1. The van der Waals surface area contributed by atoms with E-state index in [0.29, 0.717) is 27.8 Å². The number of rotatable bonds is 6. The predicted molar refractivity (Wildman–Crippen MR) is 98.0 cm³/mol. The Balaban J connectivity index is 1.70. The number of nitrogens with zero attached hydrogens (tertiary/aromatic N) is 1. The van der Waals surface area contributed by atoms with E-state index in [1.807, 2.05) is 6.07 Å². The van der Waals surface area contributed by atoms with Crippen LogP contribution in [0, 0.1) is 11.3 Å². The highest BCUT2D eigenvalue weighted by Gasteiger charge is 2.08. The van der Waals surface area contributed by atoms with E-state index in [1.165, 1.54) is 6.07 Å². The third kappa shape index (κ3) is 5.96. The van der Waals surface area contributed by atoms with Crippen LogP contribution in [0.15, 0.2) is 42.5 Å². The van der Waals surface area contributed by atoms with Crippen LogP contribution in [0.4, 0.5) is 0 Å². The highest BCUT2D eigenvalue weighted by atomic mass is 35.5. The van der Waals surface area contributed by atoms with E-state index in [9.17, 15) is 9.59 Å². The van der Waals surface area contributed by atoms with E-state index in [1.54, 1.807) is 36.4 Å². The fourth-order valence-corrected chi connectivity index (χ4v) is 2.46. The maximum atomic E-state index is 11.9. The molecule has 0 aliphatic heterocycles. The fraction of sp³-hybridized carbons (Fsp3) is 0.167. The van der Waals surface area contributed by atoms with E-state index in [-0.39, 0.29) is 24.5 Å². The molecule has 0 radical (unpaired) electrons. The molecule has 0 saturated heterocycles. The summed E-state index contributed by atoms with van der Waals surface area (Å²) in [6.07, 6.45) is 0.592. The molecule has 0 bridgehead atoms. The second kappa shape index (κ2) is 9.66. The lowest BCUT2D eigenvalue weighted by Gasteiger charge is -2.09. The largest absolute Gasteiger partial charge is 0.492 e. The van der Waals surface area contributed by atoms with Crippen LogP contribution in [0.25, 0.3) is 0 Å². The molecule has 0 unspecified atom stereocenters. The van der Waals surface area contributed by atoms with Gasteiger partial charge in [-0.05, 0) is 42.8 Å². The summed E-state index contributed by atoms with van der Waals surface area (Å²) < 4.78 is 5.47. The molecule has 8 heteroatoms. The van der Waals surface area contributed by atoms with Gasteiger partial charge in [0.1, 0.15) is 5.75 Å². The van der Waals surface area contributed by atoms with Crippen LogP contribution in [-0.4, -0.2) is 18.4 Å². The van der Waals surface area contributed by atoms with Gasteiger partial charge in [-0.25, -0.2) is 0 Å². The molecule has 2 aromatic carbocycles. The molecular weight excluding hydrogens is 377 g/mol. The summed E-state index contributed by atoms with van der Waals surface area (Å²) in [5.41, 5.74) is 5.26. The summed E-state index contributed by atoms with van der Waals surface area (Å²) in [6, 6.07) is 13.0. The smallest absolute Gasteiger partial charge is 0.269 e. The highest BCUT2D eigenvalue weighted by molar-refractivity contribution is 6.35. The van der Waals surface area contributed by atoms with Gasteiger partial charge in [-0.2, -0.15) is 5.26 Å². The molecule has 0 atom stereocenters. The van der Waals surface area contributed by atoms with Gasteiger partial charge in [-0.3, -0.25) is 20.4 Å². The van der Waals surface area contributed by atoms with Crippen molar-refractivity contribution >= 4 is 35.0 Å². The molecule has 0 aromatic heterocycles. The number of nitrogens with one attached hydrogen (secondary N) is 2. The number of hydrazine groups is 1. The summed E-state index contributed by atoms with van der Waals surface area (Å²) >= 11 is 11.8. The number of carbonyl (C=O) groups is 2. The Hall–Kier alpha value is -2.75. The first-order valence-electron chi connectivity index (χ1n) is 7.67. The lowest BCUT2D eigenvalue weighted by Crippen LogP contribution is -2.41. The van der Waals surface area contributed by atoms with Crippen LogP contribution in [0.2, 0.25) is 10.0 Å².